The maximum atomic E-state index is 5.77. The molecule has 0 atom stereocenters. The maximum absolute atomic E-state index is 5.77. The predicted molar refractivity (Wildman–Crippen MR) is 89.9 cm³/mol. The van der Waals surface area contributed by atoms with Gasteiger partial charge in [0.15, 0.2) is 0 Å². The van der Waals surface area contributed by atoms with E-state index in [1.165, 1.54) is 43.9 Å². The van der Waals surface area contributed by atoms with Crippen LogP contribution in [0.4, 0.5) is 0 Å². The first kappa shape index (κ1) is 17.9. The lowest BCUT2D eigenvalue weighted by molar-refractivity contribution is 0.237. The van der Waals surface area contributed by atoms with E-state index in [2.05, 4.69) is 41.2 Å². The third-order valence-electron chi connectivity index (χ3n) is 3.25. The van der Waals surface area contributed by atoms with Gasteiger partial charge in [0.2, 0.25) is 0 Å². The van der Waals surface area contributed by atoms with E-state index in [0.29, 0.717) is 5.88 Å². The van der Waals surface area contributed by atoms with Gasteiger partial charge in [0.05, 0.1) is 16.6 Å². The SMILES string of the molecule is CCCN(CCCCc1nc(CCl)cs1)CCN(C)C. The number of halogens is 1. The molecule has 1 heterocycles. The molecule has 0 aliphatic heterocycles. The number of alkyl halides is 1. The summed E-state index contributed by atoms with van der Waals surface area (Å²) in [7, 11) is 4.28. The summed E-state index contributed by atoms with van der Waals surface area (Å²) in [6.45, 7) is 6.99. The van der Waals surface area contributed by atoms with Crippen LogP contribution >= 0.6 is 22.9 Å². The average molecular weight is 318 g/mol. The Labute approximate surface area is 132 Å². The molecule has 20 heavy (non-hydrogen) atoms. The molecule has 116 valence electrons. The number of nitrogens with zero attached hydrogens (tertiary/aromatic N) is 3. The zero-order valence-electron chi connectivity index (χ0n) is 13.1. The quantitative estimate of drug-likeness (QED) is 0.460. The fourth-order valence-corrected chi connectivity index (χ4v) is 3.20. The van der Waals surface area contributed by atoms with Gasteiger partial charge in [-0.05, 0) is 52.9 Å². The van der Waals surface area contributed by atoms with Crippen molar-refractivity contribution in [2.24, 2.45) is 0 Å². The molecule has 0 aliphatic rings. The lowest BCUT2D eigenvalue weighted by Gasteiger charge is -2.23. The topological polar surface area (TPSA) is 19.4 Å². The Morgan fingerprint density at radius 1 is 1.15 bits per heavy atom. The first-order valence-corrected chi connectivity index (χ1v) is 8.93. The highest BCUT2D eigenvalue weighted by molar-refractivity contribution is 7.09. The van der Waals surface area contributed by atoms with Gasteiger partial charge in [0, 0.05) is 18.5 Å². The fraction of sp³-hybridized carbons (Fsp3) is 0.800. The molecule has 0 aliphatic carbocycles. The number of rotatable bonds is 11. The Hall–Kier alpha value is -0.160. The normalized spacial score (nSPS) is 11.7. The van der Waals surface area contributed by atoms with E-state index in [4.69, 9.17) is 11.6 Å². The van der Waals surface area contributed by atoms with Crippen molar-refractivity contribution in [3.63, 3.8) is 0 Å². The van der Waals surface area contributed by atoms with Crippen LogP contribution in [0, 0.1) is 0 Å². The molecule has 5 heteroatoms. The van der Waals surface area contributed by atoms with Crippen LogP contribution in [-0.4, -0.2) is 55.1 Å². The molecule has 0 amide bonds. The molecule has 0 radical (unpaired) electrons. The number of hydrogen-bond acceptors (Lipinski definition) is 4. The van der Waals surface area contributed by atoms with Gasteiger partial charge in [-0.25, -0.2) is 4.98 Å². The van der Waals surface area contributed by atoms with E-state index >= 15 is 0 Å². The zero-order valence-corrected chi connectivity index (χ0v) is 14.6. The van der Waals surface area contributed by atoms with Crippen molar-refractivity contribution >= 4 is 22.9 Å². The number of aromatic nitrogens is 1. The van der Waals surface area contributed by atoms with Gasteiger partial charge in [-0.15, -0.1) is 22.9 Å². The van der Waals surface area contributed by atoms with E-state index in [-0.39, 0.29) is 0 Å². The third-order valence-corrected chi connectivity index (χ3v) is 4.49. The second kappa shape index (κ2) is 10.6. The lowest BCUT2D eigenvalue weighted by atomic mass is 10.2. The van der Waals surface area contributed by atoms with E-state index in [0.717, 1.165) is 18.7 Å². The molecule has 0 fully saturated rings. The van der Waals surface area contributed by atoms with Crippen molar-refractivity contribution in [3.8, 4) is 0 Å². The number of unbranched alkanes of at least 4 members (excludes halogenated alkanes) is 1. The summed E-state index contributed by atoms with van der Waals surface area (Å²) < 4.78 is 0. The van der Waals surface area contributed by atoms with Crippen molar-refractivity contribution < 1.29 is 0 Å². The summed E-state index contributed by atoms with van der Waals surface area (Å²) in [5.74, 6) is 0.533. The summed E-state index contributed by atoms with van der Waals surface area (Å²) in [6.07, 6.45) is 4.80. The number of aryl methyl sites for hydroxylation is 1. The molecule has 1 aromatic rings. The van der Waals surface area contributed by atoms with E-state index in [1.54, 1.807) is 11.3 Å². The molecule has 0 spiro atoms. The molecule has 1 rings (SSSR count). The van der Waals surface area contributed by atoms with Crippen LogP contribution in [0.25, 0.3) is 0 Å². The molecule has 0 saturated carbocycles. The Kier molecular flexibility index (Phi) is 9.44. The van der Waals surface area contributed by atoms with Gasteiger partial charge in [-0.1, -0.05) is 6.92 Å². The summed E-state index contributed by atoms with van der Waals surface area (Å²) in [4.78, 5) is 9.34. The van der Waals surface area contributed by atoms with Crippen LogP contribution < -0.4 is 0 Å². The largest absolute Gasteiger partial charge is 0.308 e. The van der Waals surface area contributed by atoms with Gasteiger partial charge < -0.3 is 9.80 Å². The Morgan fingerprint density at radius 3 is 2.55 bits per heavy atom. The number of likely N-dealkylation sites (N-methyl/N-ethyl adjacent to an activating group) is 1. The number of hydrogen-bond donors (Lipinski definition) is 0. The van der Waals surface area contributed by atoms with Crippen LogP contribution in [0.3, 0.4) is 0 Å². The zero-order chi connectivity index (χ0) is 14.8. The van der Waals surface area contributed by atoms with Crippen LogP contribution in [0.5, 0.6) is 0 Å². The summed E-state index contributed by atoms with van der Waals surface area (Å²) in [5, 5.41) is 3.30. The van der Waals surface area contributed by atoms with Crippen LogP contribution in [0.2, 0.25) is 0 Å². The third kappa shape index (κ3) is 7.58. The molecule has 0 saturated heterocycles. The first-order valence-electron chi connectivity index (χ1n) is 7.52. The standard InChI is InChI=1S/C15H28ClN3S/c1-4-8-19(11-10-18(2)3)9-6-5-7-15-17-14(12-16)13-20-15/h13H,4-12H2,1-3H3. The Morgan fingerprint density at radius 2 is 1.95 bits per heavy atom. The minimum Gasteiger partial charge on any atom is -0.308 e. The van der Waals surface area contributed by atoms with Gasteiger partial charge in [-0.3, -0.25) is 0 Å². The second-order valence-corrected chi connectivity index (χ2v) is 6.68. The molecule has 3 nitrogen and oxygen atoms in total. The number of thiazole rings is 1. The van der Waals surface area contributed by atoms with E-state index in [1.807, 2.05) is 0 Å². The van der Waals surface area contributed by atoms with Crippen molar-refractivity contribution in [2.75, 3.05) is 40.3 Å². The van der Waals surface area contributed by atoms with Gasteiger partial charge in [0.25, 0.3) is 0 Å². The van der Waals surface area contributed by atoms with Crippen molar-refractivity contribution in [2.45, 2.75) is 38.5 Å². The monoisotopic (exact) mass is 317 g/mol. The summed E-state index contributed by atoms with van der Waals surface area (Å²) in [6, 6.07) is 0. The second-order valence-electron chi connectivity index (χ2n) is 5.47. The molecule has 0 unspecified atom stereocenters. The van der Waals surface area contributed by atoms with Crippen LogP contribution in [0.1, 0.15) is 36.9 Å². The van der Waals surface area contributed by atoms with Crippen molar-refractivity contribution in [1.82, 2.24) is 14.8 Å². The predicted octanol–water partition coefficient (Wildman–Crippen LogP) is 3.48. The Bertz CT molecular complexity index is 355. The van der Waals surface area contributed by atoms with Gasteiger partial charge >= 0.3 is 0 Å². The molecule has 0 aromatic carbocycles. The molecular weight excluding hydrogens is 290 g/mol. The van der Waals surface area contributed by atoms with Gasteiger partial charge in [-0.2, -0.15) is 0 Å². The van der Waals surface area contributed by atoms with Crippen LogP contribution in [0.15, 0.2) is 5.38 Å². The summed E-state index contributed by atoms with van der Waals surface area (Å²) >= 11 is 7.51. The summed E-state index contributed by atoms with van der Waals surface area (Å²) in [5.41, 5.74) is 1.02. The van der Waals surface area contributed by atoms with E-state index < -0.39 is 0 Å². The highest BCUT2D eigenvalue weighted by atomic mass is 35.5. The highest BCUT2D eigenvalue weighted by Crippen LogP contribution is 2.14. The minimum atomic E-state index is 0.533. The molecule has 0 bridgehead atoms. The van der Waals surface area contributed by atoms with E-state index in [9.17, 15) is 0 Å². The van der Waals surface area contributed by atoms with Crippen molar-refractivity contribution in [1.29, 1.82) is 0 Å². The molecular formula is C15H28ClN3S. The first-order chi connectivity index (χ1) is 9.65. The lowest BCUT2D eigenvalue weighted by Crippen LogP contribution is -2.33. The smallest absolute Gasteiger partial charge is 0.0928 e. The average Bonchev–Trinajstić information content (AvgIpc) is 2.88. The maximum Gasteiger partial charge on any atom is 0.0928 e. The fourth-order valence-electron chi connectivity index (χ4n) is 2.13. The molecule has 0 N–H and O–H groups in total. The Balaban J connectivity index is 2.19. The van der Waals surface area contributed by atoms with Crippen LogP contribution in [-0.2, 0) is 12.3 Å². The minimum absolute atomic E-state index is 0.533. The van der Waals surface area contributed by atoms with Gasteiger partial charge in [0.1, 0.15) is 0 Å². The molecule has 1 aromatic heterocycles. The highest BCUT2D eigenvalue weighted by Gasteiger charge is 2.05. The van der Waals surface area contributed by atoms with Crippen molar-refractivity contribution in [3.05, 3.63) is 16.1 Å².